The number of carbonyl (C=O) groups is 1. The molecule has 0 aromatic heterocycles. The molecule has 0 bridgehead atoms. The van der Waals surface area contributed by atoms with Crippen LogP contribution < -0.4 is 0 Å². The molecular weight excluding hydrogens is 272 g/mol. The SMILES string of the molecule is CC(O)CCN(C)S(=O)(=O)N1CCC(C(=O)O)CC1. The minimum absolute atomic E-state index is 0.234. The molecule has 0 spiro atoms. The molecule has 8 heteroatoms. The van der Waals surface area contributed by atoms with Crippen LogP contribution in [0.2, 0.25) is 0 Å². The normalized spacial score (nSPS) is 20.6. The molecule has 0 saturated carbocycles. The van der Waals surface area contributed by atoms with Crippen molar-refractivity contribution in [2.24, 2.45) is 5.92 Å². The number of aliphatic hydroxyl groups excluding tert-OH is 1. The van der Waals surface area contributed by atoms with Crippen molar-refractivity contribution in [1.29, 1.82) is 0 Å². The summed E-state index contributed by atoms with van der Waals surface area (Å²) in [6.45, 7) is 2.33. The van der Waals surface area contributed by atoms with Crippen LogP contribution in [-0.4, -0.2) is 66.0 Å². The van der Waals surface area contributed by atoms with Crippen molar-refractivity contribution in [2.45, 2.75) is 32.3 Å². The number of aliphatic carboxylic acids is 1. The smallest absolute Gasteiger partial charge is 0.306 e. The lowest BCUT2D eigenvalue weighted by molar-refractivity contribution is -0.142. The van der Waals surface area contributed by atoms with Gasteiger partial charge in [0.25, 0.3) is 10.2 Å². The topological polar surface area (TPSA) is 98.2 Å². The van der Waals surface area contributed by atoms with Gasteiger partial charge in [0.15, 0.2) is 0 Å². The first-order chi connectivity index (χ1) is 8.75. The Bertz CT molecular complexity index is 401. The van der Waals surface area contributed by atoms with Crippen LogP contribution in [0.3, 0.4) is 0 Å². The highest BCUT2D eigenvalue weighted by Gasteiger charge is 2.33. The average molecular weight is 294 g/mol. The number of nitrogens with zero attached hydrogens (tertiary/aromatic N) is 2. The lowest BCUT2D eigenvalue weighted by Gasteiger charge is -2.32. The van der Waals surface area contributed by atoms with E-state index in [1.54, 1.807) is 6.92 Å². The second-order valence-electron chi connectivity index (χ2n) is 4.98. The summed E-state index contributed by atoms with van der Waals surface area (Å²) in [6, 6.07) is 0. The van der Waals surface area contributed by atoms with Crippen LogP contribution in [0.1, 0.15) is 26.2 Å². The Morgan fingerprint density at radius 1 is 1.42 bits per heavy atom. The molecule has 1 aliphatic rings. The first-order valence-electron chi connectivity index (χ1n) is 6.37. The minimum Gasteiger partial charge on any atom is -0.481 e. The number of piperidine rings is 1. The van der Waals surface area contributed by atoms with Gasteiger partial charge in [-0.15, -0.1) is 0 Å². The zero-order chi connectivity index (χ0) is 14.6. The predicted octanol–water partition coefficient (Wildman–Crippen LogP) is -0.269. The van der Waals surface area contributed by atoms with Crippen molar-refractivity contribution in [3.05, 3.63) is 0 Å². The van der Waals surface area contributed by atoms with Crippen LogP contribution in [0.5, 0.6) is 0 Å². The van der Waals surface area contributed by atoms with Gasteiger partial charge in [-0.2, -0.15) is 17.0 Å². The zero-order valence-corrected chi connectivity index (χ0v) is 12.1. The van der Waals surface area contributed by atoms with Crippen molar-refractivity contribution >= 4 is 16.2 Å². The standard InChI is InChI=1S/C11H22N2O5S/c1-9(14)3-6-12(2)19(17,18)13-7-4-10(5-8-13)11(15)16/h9-10,14H,3-8H2,1-2H3,(H,15,16). The molecule has 1 saturated heterocycles. The van der Waals surface area contributed by atoms with Crippen LogP contribution >= 0.6 is 0 Å². The summed E-state index contributed by atoms with van der Waals surface area (Å²) in [6.07, 6.45) is 0.522. The molecule has 1 fully saturated rings. The van der Waals surface area contributed by atoms with Gasteiger partial charge >= 0.3 is 5.97 Å². The Labute approximate surface area is 114 Å². The van der Waals surface area contributed by atoms with E-state index in [0.29, 0.717) is 19.3 Å². The van der Waals surface area contributed by atoms with E-state index >= 15 is 0 Å². The van der Waals surface area contributed by atoms with E-state index in [-0.39, 0.29) is 19.6 Å². The van der Waals surface area contributed by atoms with Gasteiger partial charge < -0.3 is 10.2 Å². The Balaban J connectivity index is 2.57. The molecule has 0 radical (unpaired) electrons. The average Bonchev–Trinajstić information content (AvgIpc) is 2.35. The lowest BCUT2D eigenvalue weighted by atomic mass is 9.99. The molecule has 1 atom stereocenters. The van der Waals surface area contributed by atoms with Gasteiger partial charge in [-0.3, -0.25) is 4.79 Å². The van der Waals surface area contributed by atoms with Gasteiger partial charge in [-0.25, -0.2) is 0 Å². The van der Waals surface area contributed by atoms with E-state index in [9.17, 15) is 18.3 Å². The second-order valence-corrected chi connectivity index (χ2v) is 7.01. The molecule has 0 aromatic carbocycles. The van der Waals surface area contributed by atoms with E-state index in [0.717, 1.165) is 0 Å². The maximum Gasteiger partial charge on any atom is 0.306 e. The fourth-order valence-electron chi connectivity index (χ4n) is 2.01. The van der Waals surface area contributed by atoms with Crippen LogP contribution in [0, 0.1) is 5.92 Å². The fourth-order valence-corrected chi connectivity index (χ4v) is 3.42. The molecule has 19 heavy (non-hydrogen) atoms. The summed E-state index contributed by atoms with van der Waals surface area (Å²) in [4.78, 5) is 10.8. The first-order valence-corrected chi connectivity index (χ1v) is 7.77. The monoisotopic (exact) mass is 294 g/mol. The van der Waals surface area contributed by atoms with Crippen molar-refractivity contribution < 1.29 is 23.4 Å². The number of hydrogen-bond donors (Lipinski definition) is 2. The summed E-state index contributed by atoms with van der Waals surface area (Å²) in [5.41, 5.74) is 0. The highest BCUT2D eigenvalue weighted by molar-refractivity contribution is 7.86. The summed E-state index contributed by atoms with van der Waals surface area (Å²) in [7, 11) is -2.07. The number of hydrogen-bond acceptors (Lipinski definition) is 4. The van der Waals surface area contributed by atoms with E-state index in [2.05, 4.69) is 0 Å². The van der Waals surface area contributed by atoms with Crippen molar-refractivity contribution in [3.63, 3.8) is 0 Å². The van der Waals surface area contributed by atoms with E-state index in [1.807, 2.05) is 0 Å². The van der Waals surface area contributed by atoms with E-state index in [1.165, 1.54) is 15.7 Å². The van der Waals surface area contributed by atoms with E-state index < -0.39 is 28.2 Å². The number of carboxylic acid groups (broad SMARTS) is 1. The quantitative estimate of drug-likeness (QED) is 0.703. The molecule has 1 heterocycles. The van der Waals surface area contributed by atoms with Crippen LogP contribution in [0.15, 0.2) is 0 Å². The molecule has 0 aromatic rings. The Morgan fingerprint density at radius 2 is 1.95 bits per heavy atom. The summed E-state index contributed by atoms with van der Waals surface area (Å²) in [5, 5.41) is 18.0. The molecule has 0 aliphatic carbocycles. The van der Waals surface area contributed by atoms with Gasteiger partial charge in [-0.1, -0.05) is 0 Å². The van der Waals surface area contributed by atoms with Crippen molar-refractivity contribution in [3.8, 4) is 0 Å². The number of carboxylic acids is 1. The van der Waals surface area contributed by atoms with Crippen molar-refractivity contribution in [2.75, 3.05) is 26.7 Å². The van der Waals surface area contributed by atoms with E-state index in [4.69, 9.17) is 5.11 Å². The third-order valence-electron chi connectivity index (χ3n) is 3.39. The minimum atomic E-state index is -3.54. The van der Waals surface area contributed by atoms with Gasteiger partial charge in [0, 0.05) is 26.7 Å². The largest absolute Gasteiger partial charge is 0.481 e. The zero-order valence-electron chi connectivity index (χ0n) is 11.3. The highest BCUT2D eigenvalue weighted by Crippen LogP contribution is 2.21. The summed E-state index contributed by atoms with van der Waals surface area (Å²) in [5.74, 6) is -1.31. The predicted molar refractivity (Wildman–Crippen MR) is 69.8 cm³/mol. The third-order valence-corrected chi connectivity index (χ3v) is 5.37. The molecule has 1 aliphatic heterocycles. The fraction of sp³-hybridized carbons (Fsp3) is 0.909. The molecule has 7 nitrogen and oxygen atoms in total. The molecule has 1 unspecified atom stereocenters. The Morgan fingerprint density at radius 3 is 2.37 bits per heavy atom. The Hall–Kier alpha value is -0.700. The molecule has 2 N–H and O–H groups in total. The van der Waals surface area contributed by atoms with Crippen LogP contribution in [-0.2, 0) is 15.0 Å². The van der Waals surface area contributed by atoms with Crippen LogP contribution in [0.25, 0.3) is 0 Å². The van der Waals surface area contributed by atoms with Gasteiger partial charge in [0.05, 0.1) is 12.0 Å². The third kappa shape index (κ3) is 4.41. The number of rotatable bonds is 6. The van der Waals surface area contributed by atoms with Gasteiger partial charge in [0.1, 0.15) is 0 Å². The lowest BCUT2D eigenvalue weighted by Crippen LogP contribution is -2.47. The molecule has 0 amide bonds. The molecular formula is C11H22N2O5S. The van der Waals surface area contributed by atoms with Gasteiger partial charge in [0.2, 0.25) is 0 Å². The second kappa shape index (κ2) is 6.65. The maximum atomic E-state index is 12.2. The van der Waals surface area contributed by atoms with Crippen molar-refractivity contribution in [1.82, 2.24) is 8.61 Å². The van der Waals surface area contributed by atoms with Crippen LogP contribution in [0.4, 0.5) is 0 Å². The maximum absolute atomic E-state index is 12.2. The molecule has 1 rings (SSSR count). The summed E-state index contributed by atoms with van der Waals surface area (Å²) >= 11 is 0. The first kappa shape index (κ1) is 16.4. The van der Waals surface area contributed by atoms with Gasteiger partial charge in [-0.05, 0) is 26.2 Å². The number of aliphatic hydroxyl groups is 1. The summed E-state index contributed by atoms with van der Waals surface area (Å²) < 4.78 is 26.9. The Kier molecular flexibility index (Phi) is 5.72. The molecule has 112 valence electrons. The highest BCUT2D eigenvalue weighted by atomic mass is 32.2.